The summed E-state index contributed by atoms with van der Waals surface area (Å²) in [6, 6.07) is 7.62. The lowest BCUT2D eigenvalue weighted by molar-refractivity contribution is 0.0842. The predicted molar refractivity (Wildman–Crippen MR) is 93.3 cm³/mol. The Morgan fingerprint density at radius 3 is 2.52 bits per heavy atom. The predicted octanol–water partition coefficient (Wildman–Crippen LogP) is 4.02. The molecule has 130 valence electrons. The third-order valence-corrected chi connectivity index (χ3v) is 4.32. The average molecular weight is 340 g/mol. The van der Waals surface area contributed by atoms with Crippen molar-refractivity contribution in [2.75, 3.05) is 0 Å². The molecule has 5 nitrogen and oxygen atoms in total. The Balaban J connectivity index is 2.03. The summed E-state index contributed by atoms with van der Waals surface area (Å²) in [7, 11) is 0. The first-order chi connectivity index (χ1) is 11.9. The summed E-state index contributed by atoms with van der Waals surface area (Å²) < 4.78 is 6.00. The molecule has 5 heteroatoms. The number of rotatable bonds is 4. The van der Waals surface area contributed by atoms with E-state index in [1.54, 1.807) is 12.1 Å². The van der Waals surface area contributed by atoms with Crippen molar-refractivity contribution in [1.29, 1.82) is 0 Å². The Kier molecular flexibility index (Phi) is 4.40. The van der Waals surface area contributed by atoms with E-state index in [1.165, 1.54) is 18.2 Å². The number of phenolic OH excluding ortho intramolecular Hbond substituents is 3. The Labute approximate surface area is 145 Å². The maximum absolute atomic E-state index is 12.6. The molecule has 2 aromatic carbocycles. The summed E-state index contributed by atoms with van der Waals surface area (Å²) >= 11 is 0. The van der Waals surface area contributed by atoms with E-state index in [9.17, 15) is 20.1 Å². The van der Waals surface area contributed by atoms with Crippen molar-refractivity contribution in [2.45, 2.75) is 32.3 Å². The first kappa shape index (κ1) is 16.9. The van der Waals surface area contributed by atoms with E-state index < -0.39 is 6.10 Å². The second-order valence-corrected chi connectivity index (χ2v) is 6.38. The highest BCUT2D eigenvalue weighted by Gasteiger charge is 2.33. The number of carbonyl (C=O) groups is 1. The zero-order valence-corrected chi connectivity index (χ0v) is 14.0. The number of ether oxygens (including phenoxy) is 1. The Morgan fingerprint density at radius 1 is 1.20 bits per heavy atom. The van der Waals surface area contributed by atoms with E-state index in [4.69, 9.17) is 4.74 Å². The number of Topliss-reactive ketones (excluding diaryl/α,β-unsaturated/α-hetero) is 1. The SMILES string of the molecule is C=C(C)CCc1c(O)cc(O)c2c1OC(c1ccc(O)cc1)CC2=O. The van der Waals surface area contributed by atoms with Crippen LogP contribution in [0.15, 0.2) is 42.5 Å². The minimum atomic E-state index is -0.537. The standard InChI is InChI=1S/C20H20O5/c1-11(2)3-8-14-15(22)9-16(23)19-17(24)10-18(25-20(14)19)12-4-6-13(21)7-5-12/h4-7,9,18,21-23H,1,3,8,10H2,2H3. The Hall–Kier alpha value is -2.95. The Bertz CT molecular complexity index is 836. The summed E-state index contributed by atoms with van der Waals surface area (Å²) in [5.41, 5.74) is 2.29. The second-order valence-electron chi connectivity index (χ2n) is 6.38. The lowest BCUT2D eigenvalue weighted by atomic mass is 9.91. The van der Waals surface area contributed by atoms with Gasteiger partial charge in [-0.25, -0.2) is 0 Å². The van der Waals surface area contributed by atoms with Gasteiger partial charge >= 0.3 is 0 Å². The van der Waals surface area contributed by atoms with Gasteiger partial charge in [-0.05, 0) is 37.5 Å². The van der Waals surface area contributed by atoms with Gasteiger partial charge in [0.25, 0.3) is 0 Å². The van der Waals surface area contributed by atoms with Crippen LogP contribution in [-0.4, -0.2) is 21.1 Å². The molecule has 0 aliphatic carbocycles. The summed E-state index contributed by atoms with van der Waals surface area (Å²) in [6.07, 6.45) is 0.632. The number of aromatic hydroxyl groups is 3. The molecule has 1 aliphatic heterocycles. The van der Waals surface area contributed by atoms with E-state index in [0.29, 0.717) is 18.4 Å². The molecule has 2 aromatic rings. The molecule has 1 aliphatic rings. The third-order valence-electron chi connectivity index (χ3n) is 4.32. The van der Waals surface area contributed by atoms with Crippen LogP contribution in [0.25, 0.3) is 0 Å². The van der Waals surface area contributed by atoms with Gasteiger partial charge in [0.2, 0.25) is 0 Å². The van der Waals surface area contributed by atoms with Gasteiger partial charge in [-0.3, -0.25) is 4.79 Å². The molecule has 0 spiro atoms. The smallest absolute Gasteiger partial charge is 0.174 e. The molecule has 1 heterocycles. The van der Waals surface area contributed by atoms with Gasteiger partial charge in [-0.15, -0.1) is 6.58 Å². The molecule has 1 unspecified atom stereocenters. The first-order valence-electron chi connectivity index (χ1n) is 8.07. The van der Waals surface area contributed by atoms with Gasteiger partial charge in [0, 0.05) is 11.6 Å². The molecular formula is C20H20O5. The molecule has 0 aromatic heterocycles. The minimum Gasteiger partial charge on any atom is -0.508 e. The van der Waals surface area contributed by atoms with Gasteiger partial charge < -0.3 is 20.1 Å². The van der Waals surface area contributed by atoms with Crippen LogP contribution in [0, 0.1) is 0 Å². The maximum Gasteiger partial charge on any atom is 0.174 e. The fraction of sp³-hybridized carbons (Fsp3) is 0.250. The zero-order valence-electron chi connectivity index (χ0n) is 14.0. The molecular weight excluding hydrogens is 320 g/mol. The quantitative estimate of drug-likeness (QED) is 0.732. The molecule has 0 amide bonds. The van der Waals surface area contributed by atoms with Crippen LogP contribution < -0.4 is 4.74 Å². The molecule has 0 radical (unpaired) electrons. The topological polar surface area (TPSA) is 87.0 Å². The highest BCUT2D eigenvalue weighted by atomic mass is 16.5. The van der Waals surface area contributed by atoms with Crippen molar-refractivity contribution in [2.24, 2.45) is 0 Å². The van der Waals surface area contributed by atoms with Crippen LogP contribution in [0.5, 0.6) is 23.0 Å². The van der Waals surface area contributed by atoms with Crippen LogP contribution in [0.4, 0.5) is 0 Å². The van der Waals surface area contributed by atoms with Crippen molar-refractivity contribution in [3.05, 3.63) is 59.2 Å². The van der Waals surface area contributed by atoms with Crippen LogP contribution in [0.2, 0.25) is 0 Å². The third kappa shape index (κ3) is 3.31. The first-order valence-corrected chi connectivity index (χ1v) is 8.07. The average Bonchev–Trinajstić information content (AvgIpc) is 2.54. The molecule has 0 bridgehead atoms. The van der Waals surface area contributed by atoms with Gasteiger partial charge in [-0.1, -0.05) is 17.7 Å². The largest absolute Gasteiger partial charge is 0.508 e. The minimum absolute atomic E-state index is 0.0794. The van der Waals surface area contributed by atoms with Gasteiger partial charge in [0.15, 0.2) is 5.78 Å². The molecule has 3 N–H and O–H groups in total. The monoisotopic (exact) mass is 340 g/mol. The Morgan fingerprint density at radius 2 is 1.88 bits per heavy atom. The second kappa shape index (κ2) is 6.51. The molecule has 25 heavy (non-hydrogen) atoms. The maximum atomic E-state index is 12.6. The van der Waals surface area contributed by atoms with E-state index in [0.717, 1.165) is 11.1 Å². The highest BCUT2D eigenvalue weighted by Crippen LogP contribution is 2.45. The van der Waals surface area contributed by atoms with Crippen molar-refractivity contribution in [3.63, 3.8) is 0 Å². The van der Waals surface area contributed by atoms with Gasteiger partial charge in [-0.2, -0.15) is 0 Å². The molecule has 3 rings (SSSR count). The molecule has 1 atom stereocenters. The van der Waals surface area contributed by atoms with Crippen molar-refractivity contribution in [1.82, 2.24) is 0 Å². The van der Waals surface area contributed by atoms with Crippen molar-refractivity contribution < 1.29 is 24.9 Å². The number of ketones is 1. The van der Waals surface area contributed by atoms with Crippen LogP contribution in [0.3, 0.4) is 0 Å². The number of carbonyl (C=O) groups excluding carboxylic acids is 1. The zero-order chi connectivity index (χ0) is 18.1. The molecule has 0 saturated heterocycles. The van der Waals surface area contributed by atoms with E-state index >= 15 is 0 Å². The normalized spacial score (nSPS) is 16.2. The van der Waals surface area contributed by atoms with Crippen LogP contribution in [-0.2, 0) is 6.42 Å². The van der Waals surface area contributed by atoms with Crippen molar-refractivity contribution >= 4 is 5.78 Å². The summed E-state index contributed by atoms with van der Waals surface area (Å²) in [6.45, 7) is 5.74. The number of benzene rings is 2. The summed E-state index contributed by atoms with van der Waals surface area (Å²) in [5, 5.41) is 29.7. The highest BCUT2D eigenvalue weighted by molar-refractivity contribution is 6.03. The van der Waals surface area contributed by atoms with E-state index in [-0.39, 0.29) is 40.8 Å². The number of hydrogen-bond donors (Lipinski definition) is 3. The molecule has 0 fully saturated rings. The van der Waals surface area contributed by atoms with Gasteiger partial charge in [0.05, 0.1) is 6.42 Å². The summed E-state index contributed by atoms with van der Waals surface area (Å²) in [4.78, 5) is 12.6. The van der Waals surface area contributed by atoms with Crippen molar-refractivity contribution in [3.8, 4) is 23.0 Å². The summed E-state index contributed by atoms with van der Waals surface area (Å²) in [5.74, 6) is -0.261. The fourth-order valence-corrected chi connectivity index (χ4v) is 2.98. The van der Waals surface area contributed by atoms with Gasteiger partial charge in [0.1, 0.15) is 34.7 Å². The van der Waals surface area contributed by atoms with Crippen LogP contribution >= 0.6 is 0 Å². The lowest BCUT2D eigenvalue weighted by Gasteiger charge is -2.28. The number of hydrogen-bond acceptors (Lipinski definition) is 5. The molecule has 0 saturated carbocycles. The van der Waals surface area contributed by atoms with Crippen LogP contribution in [0.1, 0.15) is 47.4 Å². The fourth-order valence-electron chi connectivity index (χ4n) is 2.98. The lowest BCUT2D eigenvalue weighted by Crippen LogP contribution is -2.21. The number of phenols is 3. The van der Waals surface area contributed by atoms with E-state index in [1.807, 2.05) is 6.92 Å². The number of allylic oxidation sites excluding steroid dienone is 1. The van der Waals surface area contributed by atoms with E-state index in [2.05, 4.69) is 6.58 Å². The number of fused-ring (bicyclic) bond motifs is 1.